The summed E-state index contributed by atoms with van der Waals surface area (Å²) in [6.07, 6.45) is 1.39. The number of anilines is 1. The molecule has 2 aliphatic heterocycles. The summed E-state index contributed by atoms with van der Waals surface area (Å²) in [5.74, 6) is -2.53. The van der Waals surface area contributed by atoms with Crippen LogP contribution in [0.2, 0.25) is 0 Å². The van der Waals surface area contributed by atoms with Gasteiger partial charge in [0.15, 0.2) is 0 Å². The Kier molecular flexibility index (Phi) is 4.96. The Balaban J connectivity index is 2.33. The van der Waals surface area contributed by atoms with Crippen LogP contribution in [-0.2, 0) is 34.0 Å². The van der Waals surface area contributed by atoms with Crippen molar-refractivity contribution in [2.75, 3.05) is 18.5 Å². The van der Waals surface area contributed by atoms with E-state index in [-0.39, 0.29) is 36.0 Å². The Bertz CT molecular complexity index is 946. The first-order chi connectivity index (χ1) is 13.4. The fraction of sp³-hybridized carbons (Fsp3) is 0.250. The minimum absolute atomic E-state index is 0.0495. The Labute approximate surface area is 161 Å². The molecule has 0 radical (unpaired) electrons. The summed E-state index contributed by atoms with van der Waals surface area (Å²) in [7, 11) is 0. The van der Waals surface area contributed by atoms with Crippen LogP contribution in [0, 0.1) is 0 Å². The summed E-state index contributed by atoms with van der Waals surface area (Å²) >= 11 is 0. The number of rotatable bonds is 5. The van der Waals surface area contributed by atoms with E-state index in [4.69, 9.17) is 19.9 Å². The maximum Gasteiger partial charge on any atom is 0.341 e. The Morgan fingerprint density at radius 3 is 2.61 bits per heavy atom. The molecule has 0 fully saturated rings. The fourth-order valence-corrected chi connectivity index (χ4v) is 3.56. The van der Waals surface area contributed by atoms with Gasteiger partial charge in [0.2, 0.25) is 11.8 Å². The predicted molar refractivity (Wildman–Crippen MR) is 99.5 cm³/mol. The number of allylic oxidation sites excluding steroid dienone is 1. The lowest BCUT2D eigenvalue weighted by molar-refractivity contribution is -0.142. The highest BCUT2D eigenvalue weighted by Gasteiger charge is 2.61. The molecule has 0 unspecified atom stereocenters. The van der Waals surface area contributed by atoms with E-state index < -0.39 is 23.3 Å². The van der Waals surface area contributed by atoms with Gasteiger partial charge in [-0.25, -0.2) is 9.59 Å². The SMILES string of the molecule is C=CCOC(=O)C1=C(C)OC(N)=C(C(=O)OCC)[C@@]12C(=O)Nc1ccccc12. The number of ether oxygens (including phenoxy) is 3. The predicted octanol–water partition coefficient (Wildman–Crippen LogP) is 1.64. The van der Waals surface area contributed by atoms with Crippen molar-refractivity contribution in [3.05, 3.63) is 65.3 Å². The number of amides is 1. The molecule has 8 heteroatoms. The highest BCUT2D eigenvalue weighted by molar-refractivity contribution is 6.21. The van der Waals surface area contributed by atoms with Crippen molar-refractivity contribution >= 4 is 23.5 Å². The summed E-state index contributed by atoms with van der Waals surface area (Å²) in [5, 5.41) is 2.71. The van der Waals surface area contributed by atoms with Crippen LogP contribution in [0.25, 0.3) is 0 Å². The third-order valence-corrected chi connectivity index (χ3v) is 4.55. The van der Waals surface area contributed by atoms with Crippen LogP contribution in [0.15, 0.2) is 59.7 Å². The van der Waals surface area contributed by atoms with Gasteiger partial charge in [-0.3, -0.25) is 4.79 Å². The van der Waals surface area contributed by atoms with E-state index in [2.05, 4.69) is 11.9 Å². The van der Waals surface area contributed by atoms with Crippen LogP contribution in [-0.4, -0.2) is 31.1 Å². The van der Waals surface area contributed by atoms with E-state index in [9.17, 15) is 14.4 Å². The Morgan fingerprint density at radius 2 is 1.93 bits per heavy atom. The van der Waals surface area contributed by atoms with Crippen LogP contribution in [0.1, 0.15) is 19.4 Å². The smallest absolute Gasteiger partial charge is 0.341 e. The van der Waals surface area contributed by atoms with Crippen molar-refractivity contribution in [3.63, 3.8) is 0 Å². The highest BCUT2D eigenvalue weighted by atomic mass is 16.5. The van der Waals surface area contributed by atoms with Crippen LogP contribution in [0.4, 0.5) is 5.69 Å². The molecular weight excluding hydrogens is 364 g/mol. The molecule has 0 saturated carbocycles. The van der Waals surface area contributed by atoms with E-state index in [1.807, 2.05) is 0 Å². The molecule has 8 nitrogen and oxygen atoms in total. The maximum absolute atomic E-state index is 13.3. The third-order valence-electron chi connectivity index (χ3n) is 4.55. The van der Waals surface area contributed by atoms with E-state index >= 15 is 0 Å². The average molecular weight is 384 g/mol. The van der Waals surface area contributed by atoms with Gasteiger partial charge in [-0.2, -0.15) is 0 Å². The summed E-state index contributed by atoms with van der Waals surface area (Å²) < 4.78 is 15.8. The number of carbonyl (C=O) groups excluding carboxylic acids is 3. The van der Waals surface area contributed by atoms with Crippen LogP contribution >= 0.6 is 0 Å². The largest absolute Gasteiger partial charge is 0.462 e. The van der Waals surface area contributed by atoms with E-state index in [1.54, 1.807) is 31.2 Å². The quantitative estimate of drug-likeness (QED) is 0.585. The van der Waals surface area contributed by atoms with E-state index in [1.165, 1.54) is 13.0 Å². The number of nitrogens with two attached hydrogens (primary N) is 1. The zero-order chi connectivity index (χ0) is 20.5. The standard InChI is InChI=1S/C20H20N2O6/c1-4-10-27-17(23)14-11(3)28-16(21)15(18(24)26-5-2)20(14)12-8-6-7-9-13(12)22-19(20)25/h4,6-9H,1,5,10,21H2,2-3H3,(H,22,25)/t20-/m0/s1. The minimum Gasteiger partial charge on any atom is -0.462 e. The molecule has 3 rings (SSSR count). The highest BCUT2D eigenvalue weighted by Crippen LogP contribution is 2.52. The van der Waals surface area contributed by atoms with Gasteiger partial charge < -0.3 is 25.3 Å². The van der Waals surface area contributed by atoms with Gasteiger partial charge in [-0.1, -0.05) is 30.9 Å². The number of carbonyl (C=O) groups is 3. The van der Waals surface area contributed by atoms with Crippen LogP contribution in [0.5, 0.6) is 0 Å². The lowest BCUT2D eigenvalue weighted by Gasteiger charge is -2.35. The Hall–Kier alpha value is -3.55. The van der Waals surface area contributed by atoms with Gasteiger partial charge >= 0.3 is 11.9 Å². The van der Waals surface area contributed by atoms with Crippen LogP contribution in [0.3, 0.4) is 0 Å². The summed E-state index contributed by atoms with van der Waals surface area (Å²) in [4.78, 5) is 39.0. The molecule has 1 aromatic carbocycles. The van der Waals surface area contributed by atoms with Gasteiger partial charge in [0, 0.05) is 11.3 Å². The molecule has 1 amide bonds. The Morgan fingerprint density at radius 1 is 1.25 bits per heavy atom. The van der Waals surface area contributed by atoms with Gasteiger partial charge in [-0.15, -0.1) is 0 Å². The molecule has 3 N–H and O–H groups in total. The molecule has 0 bridgehead atoms. The average Bonchev–Trinajstić information content (AvgIpc) is 2.92. The molecular formula is C20H20N2O6. The second kappa shape index (κ2) is 7.22. The first-order valence-corrected chi connectivity index (χ1v) is 8.65. The van der Waals surface area contributed by atoms with Crippen molar-refractivity contribution in [1.29, 1.82) is 0 Å². The van der Waals surface area contributed by atoms with E-state index in [0.717, 1.165) is 0 Å². The molecule has 146 valence electrons. The second-order valence-corrected chi connectivity index (χ2v) is 6.13. The molecule has 2 aliphatic rings. The summed E-state index contributed by atoms with van der Waals surface area (Å²) in [6.45, 7) is 6.58. The van der Waals surface area contributed by atoms with Gasteiger partial charge in [0.25, 0.3) is 0 Å². The third kappa shape index (κ3) is 2.65. The van der Waals surface area contributed by atoms with Crippen molar-refractivity contribution < 1.29 is 28.6 Å². The number of hydrogen-bond acceptors (Lipinski definition) is 7. The number of nitrogens with one attached hydrogen (secondary N) is 1. The molecule has 28 heavy (non-hydrogen) atoms. The first-order valence-electron chi connectivity index (χ1n) is 8.65. The minimum atomic E-state index is -1.84. The van der Waals surface area contributed by atoms with Gasteiger partial charge in [-0.05, 0) is 19.9 Å². The zero-order valence-corrected chi connectivity index (χ0v) is 15.5. The van der Waals surface area contributed by atoms with Gasteiger partial charge in [0.05, 0.1) is 6.61 Å². The van der Waals surface area contributed by atoms with Crippen LogP contribution < -0.4 is 11.1 Å². The van der Waals surface area contributed by atoms with Crippen molar-refractivity contribution in [2.45, 2.75) is 19.3 Å². The number of esters is 2. The molecule has 1 atom stereocenters. The monoisotopic (exact) mass is 384 g/mol. The molecule has 0 saturated heterocycles. The number of para-hydroxylation sites is 1. The van der Waals surface area contributed by atoms with E-state index in [0.29, 0.717) is 11.3 Å². The number of hydrogen-bond donors (Lipinski definition) is 2. The number of fused-ring (bicyclic) bond motifs is 2. The normalized spacial score (nSPS) is 20.4. The van der Waals surface area contributed by atoms with Gasteiger partial charge in [0.1, 0.15) is 28.9 Å². The lowest BCUT2D eigenvalue weighted by atomic mass is 9.67. The number of benzene rings is 1. The first kappa shape index (κ1) is 19.2. The molecule has 1 spiro atoms. The molecule has 0 aliphatic carbocycles. The fourth-order valence-electron chi connectivity index (χ4n) is 3.56. The lowest BCUT2D eigenvalue weighted by Crippen LogP contribution is -2.48. The summed E-state index contributed by atoms with van der Waals surface area (Å²) in [5.41, 5.74) is 4.62. The molecule has 2 heterocycles. The zero-order valence-electron chi connectivity index (χ0n) is 15.5. The molecule has 0 aromatic heterocycles. The van der Waals surface area contributed by atoms with Crippen molar-refractivity contribution in [1.82, 2.24) is 0 Å². The van der Waals surface area contributed by atoms with Crippen molar-refractivity contribution in [3.8, 4) is 0 Å². The second-order valence-electron chi connectivity index (χ2n) is 6.13. The summed E-state index contributed by atoms with van der Waals surface area (Å²) in [6, 6.07) is 6.72. The van der Waals surface area contributed by atoms with Crippen molar-refractivity contribution in [2.24, 2.45) is 5.73 Å². The maximum atomic E-state index is 13.3. The topological polar surface area (TPSA) is 117 Å². The molecule has 1 aromatic rings.